The summed E-state index contributed by atoms with van der Waals surface area (Å²) >= 11 is 0. The van der Waals surface area contributed by atoms with Crippen molar-refractivity contribution in [3.63, 3.8) is 0 Å². The van der Waals surface area contributed by atoms with Gasteiger partial charge in [-0.2, -0.15) is 10.1 Å². The first-order chi connectivity index (χ1) is 11.7. The first-order valence-electron chi connectivity index (χ1n) is 7.95. The molecule has 2 N–H and O–H groups in total. The molecule has 0 bridgehead atoms. The number of rotatable bonds is 3. The predicted molar refractivity (Wildman–Crippen MR) is 88.1 cm³/mol. The fraction of sp³-hybridized carbons (Fsp3) is 0.375. The minimum absolute atomic E-state index is 0.145. The Kier molecular flexibility index (Phi) is 3.83. The third-order valence-corrected chi connectivity index (χ3v) is 4.24. The molecule has 0 aliphatic carbocycles. The zero-order chi connectivity index (χ0) is 16.5. The smallest absolute Gasteiger partial charge is 0.257 e. The molecule has 0 spiro atoms. The largest absolute Gasteiger partial charge is 0.334 e. The van der Waals surface area contributed by atoms with Gasteiger partial charge in [0.05, 0.1) is 6.04 Å². The molecule has 3 heterocycles. The van der Waals surface area contributed by atoms with Crippen LogP contribution in [0, 0.1) is 6.92 Å². The third kappa shape index (κ3) is 2.81. The number of aryl methyl sites for hydroxylation is 1. The van der Waals surface area contributed by atoms with Crippen LogP contribution in [0.2, 0.25) is 0 Å². The Labute approximate surface area is 139 Å². The normalized spacial score (nSPS) is 18.8. The second-order valence-corrected chi connectivity index (χ2v) is 5.98. The minimum Gasteiger partial charge on any atom is -0.334 e. The van der Waals surface area contributed by atoms with Gasteiger partial charge in [0.15, 0.2) is 11.6 Å². The monoisotopic (exact) mass is 325 g/mol. The van der Waals surface area contributed by atoms with E-state index in [0.717, 1.165) is 36.6 Å². The van der Waals surface area contributed by atoms with E-state index in [4.69, 9.17) is 4.52 Å². The van der Waals surface area contributed by atoms with Crippen LogP contribution in [0.4, 0.5) is 0 Å². The van der Waals surface area contributed by atoms with Crippen LogP contribution < -0.4 is 5.32 Å². The fourth-order valence-electron chi connectivity index (χ4n) is 2.82. The maximum atomic E-state index is 5.45. The Morgan fingerprint density at radius 2 is 1.96 bits per heavy atom. The van der Waals surface area contributed by atoms with Gasteiger partial charge in [-0.3, -0.25) is 10.00 Å². The molecule has 24 heavy (non-hydrogen) atoms. The van der Waals surface area contributed by atoms with Crippen molar-refractivity contribution in [2.75, 3.05) is 26.7 Å². The Hall–Kier alpha value is -2.58. The summed E-state index contributed by atoms with van der Waals surface area (Å²) in [4.78, 5) is 11.1. The van der Waals surface area contributed by atoms with E-state index in [0.29, 0.717) is 17.5 Å². The van der Waals surface area contributed by atoms with Crippen molar-refractivity contribution in [1.82, 2.24) is 35.5 Å². The summed E-state index contributed by atoms with van der Waals surface area (Å²) in [6, 6.07) is 7.95. The van der Waals surface area contributed by atoms with Crippen molar-refractivity contribution >= 4 is 0 Å². The SMILES string of the molecule is Cc1nc(-c2ccc(-c3nc(C4CNCCN4C)no3)cc2)n[nH]1. The Morgan fingerprint density at radius 1 is 1.17 bits per heavy atom. The van der Waals surface area contributed by atoms with Crippen molar-refractivity contribution in [3.05, 3.63) is 35.9 Å². The Morgan fingerprint density at radius 3 is 2.67 bits per heavy atom. The summed E-state index contributed by atoms with van der Waals surface area (Å²) in [5.41, 5.74) is 1.83. The van der Waals surface area contributed by atoms with Crippen LogP contribution in [0.3, 0.4) is 0 Å². The highest BCUT2D eigenvalue weighted by Gasteiger charge is 2.25. The molecule has 8 nitrogen and oxygen atoms in total. The lowest BCUT2D eigenvalue weighted by molar-refractivity contribution is 0.190. The molecule has 124 valence electrons. The van der Waals surface area contributed by atoms with E-state index in [2.05, 4.69) is 42.6 Å². The molecule has 1 aliphatic rings. The number of benzene rings is 1. The summed E-state index contributed by atoms with van der Waals surface area (Å²) in [6.45, 7) is 4.67. The van der Waals surface area contributed by atoms with Crippen LogP contribution in [0.15, 0.2) is 28.8 Å². The van der Waals surface area contributed by atoms with Crippen molar-refractivity contribution < 1.29 is 4.52 Å². The highest BCUT2D eigenvalue weighted by molar-refractivity contribution is 5.62. The van der Waals surface area contributed by atoms with Gasteiger partial charge in [0.25, 0.3) is 5.89 Å². The third-order valence-electron chi connectivity index (χ3n) is 4.24. The Balaban J connectivity index is 1.56. The molecule has 1 saturated heterocycles. The van der Waals surface area contributed by atoms with Gasteiger partial charge in [0.2, 0.25) is 0 Å². The number of likely N-dealkylation sites (N-methyl/N-ethyl adjacent to an activating group) is 1. The van der Waals surface area contributed by atoms with Crippen LogP contribution in [0.25, 0.3) is 22.8 Å². The van der Waals surface area contributed by atoms with Gasteiger partial charge < -0.3 is 9.84 Å². The molecular formula is C16H19N7O. The lowest BCUT2D eigenvalue weighted by atomic mass is 10.1. The van der Waals surface area contributed by atoms with Crippen LogP contribution in [-0.2, 0) is 0 Å². The second kappa shape index (κ2) is 6.14. The molecule has 8 heteroatoms. The zero-order valence-corrected chi connectivity index (χ0v) is 13.7. The van der Waals surface area contributed by atoms with Gasteiger partial charge in [-0.15, -0.1) is 0 Å². The van der Waals surface area contributed by atoms with E-state index in [9.17, 15) is 0 Å². The van der Waals surface area contributed by atoms with Crippen molar-refractivity contribution in [2.24, 2.45) is 0 Å². The highest BCUT2D eigenvalue weighted by Crippen LogP contribution is 2.24. The second-order valence-electron chi connectivity index (χ2n) is 5.98. The topological polar surface area (TPSA) is 95.8 Å². The average Bonchev–Trinajstić information content (AvgIpc) is 3.25. The van der Waals surface area contributed by atoms with Crippen molar-refractivity contribution in [2.45, 2.75) is 13.0 Å². The van der Waals surface area contributed by atoms with Gasteiger partial charge in [-0.1, -0.05) is 17.3 Å². The van der Waals surface area contributed by atoms with E-state index in [1.807, 2.05) is 31.2 Å². The van der Waals surface area contributed by atoms with E-state index < -0.39 is 0 Å². The molecule has 0 amide bonds. The number of aromatic nitrogens is 5. The molecule has 4 rings (SSSR count). The minimum atomic E-state index is 0.145. The molecule has 1 atom stereocenters. The van der Waals surface area contributed by atoms with Crippen LogP contribution in [0.5, 0.6) is 0 Å². The number of hydrogen-bond donors (Lipinski definition) is 2. The lowest BCUT2D eigenvalue weighted by Gasteiger charge is -2.30. The van der Waals surface area contributed by atoms with Crippen molar-refractivity contribution in [1.29, 1.82) is 0 Å². The summed E-state index contributed by atoms with van der Waals surface area (Å²) in [5.74, 6) is 2.72. The van der Waals surface area contributed by atoms with Gasteiger partial charge in [-0.05, 0) is 26.1 Å². The molecule has 1 fully saturated rings. The van der Waals surface area contributed by atoms with E-state index in [-0.39, 0.29) is 6.04 Å². The van der Waals surface area contributed by atoms with Crippen LogP contribution in [0.1, 0.15) is 17.7 Å². The maximum Gasteiger partial charge on any atom is 0.257 e. The molecule has 0 radical (unpaired) electrons. The van der Waals surface area contributed by atoms with Crippen molar-refractivity contribution in [3.8, 4) is 22.8 Å². The lowest BCUT2D eigenvalue weighted by Crippen LogP contribution is -2.44. The van der Waals surface area contributed by atoms with Gasteiger partial charge in [-0.25, -0.2) is 4.98 Å². The van der Waals surface area contributed by atoms with E-state index >= 15 is 0 Å². The van der Waals surface area contributed by atoms with Gasteiger partial charge >= 0.3 is 0 Å². The quantitative estimate of drug-likeness (QED) is 0.751. The number of piperazine rings is 1. The van der Waals surface area contributed by atoms with E-state index in [1.54, 1.807) is 0 Å². The van der Waals surface area contributed by atoms with Gasteiger partial charge in [0, 0.05) is 30.8 Å². The predicted octanol–water partition coefficient (Wildman–Crippen LogP) is 1.41. The van der Waals surface area contributed by atoms with E-state index in [1.165, 1.54) is 0 Å². The van der Waals surface area contributed by atoms with Gasteiger partial charge in [0.1, 0.15) is 5.82 Å². The summed E-state index contributed by atoms with van der Waals surface area (Å²) in [6.07, 6.45) is 0. The number of nitrogens with zero attached hydrogens (tertiary/aromatic N) is 5. The molecule has 1 unspecified atom stereocenters. The molecule has 1 aliphatic heterocycles. The van der Waals surface area contributed by atoms with Crippen LogP contribution in [-0.4, -0.2) is 56.9 Å². The molecule has 1 aromatic carbocycles. The standard InChI is InChI=1S/C16H19N7O/c1-10-18-14(21-20-10)11-3-5-12(6-4-11)16-19-15(22-24-16)13-9-17-7-8-23(13)2/h3-6,13,17H,7-9H2,1-2H3,(H,18,20,21). The average molecular weight is 325 g/mol. The van der Waals surface area contributed by atoms with Crippen LogP contribution >= 0.6 is 0 Å². The summed E-state index contributed by atoms with van der Waals surface area (Å²) < 4.78 is 5.45. The maximum absolute atomic E-state index is 5.45. The number of nitrogens with one attached hydrogen (secondary N) is 2. The first-order valence-corrected chi connectivity index (χ1v) is 7.95. The summed E-state index contributed by atoms with van der Waals surface area (Å²) in [7, 11) is 2.08. The summed E-state index contributed by atoms with van der Waals surface area (Å²) in [5, 5.41) is 14.5. The number of aromatic amines is 1. The number of H-pyrrole nitrogens is 1. The number of hydrogen-bond acceptors (Lipinski definition) is 7. The fourth-order valence-corrected chi connectivity index (χ4v) is 2.82. The molecule has 2 aromatic heterocycles. The highest BCUT2D eigenvalue weighted by atomic mass is 16.5. The molecule has 3 aromatic rings. The Bertz CT molecular complexity index is 823. The zero-order valence-electron chi connectivity index (χ0n) is 13.7. The molecule has 0 saturated carbocycles. The first kappa shape index (κ1) is 15.0. The molecular weight excluding hydrogens is 306 g/mol.